The molecule has 1 fully saturated rings. The number of nitrogens with one attached hydrogen (secondary N) is 1. The minimum absolute atomic E-state index is 0.0166. The molecular formula is C22H22BrN5O2S. The average molecular weight is 500 g/mol. The second kappa shape index (κ2) is 9.67. The van der Waals surface area contributed by atoms with Gasteiger partial charge < -0.3 is 4.90 Å². The number of rotatable bonds is 5. The molecule has 0 unspecified atom stereocenters. The number of benzene rings is 2. The number of anilines is 1. The molecule has 2 aromatic carbocycles. The molecule has 2 heterocycles. The van der Waals surface area contributed by atoms with E-state index in [1.807, 2.05) is 65.3 Å². The third kappa shape index (κ3) is 5.55. The van der Waals surface area contributed by atoms with Gasteiger partial charge >= 0.3 is 0 Å². The first-order valence-corrected chi connectivity index (χ1v) is 11.6. The minimum Gasteiger partial charge on any atom is -0.336 e. The zero-order chi connectivity index (χ0) is 21.8. The van der Waals surface area contributed by atoms with Crippen LogP contribution in [0.5, 0.6) is 0 Å². The van der Waals surface area contributed by atoms with Crippen LogP contribution in [0.15, 0.2) is 53.0 Å². The van der Waals surface area contributed by atoms with E-state index in [2.05, 4.69) is 31.4 Å². The lowest BCUT2D eigenvalue weighted by Gasteiger charge is -2.34. The van der Waals surface area contributed by atoms with E-state index in [1.165, 1.54) is 11.3 Å². The molecule has 0 aliphatic carbocycles. The molecule has 0 atom stereocenters. The van der Waals surface area contributed by atoms with Crippen molar-refractivity contribution in [1.29, 1.82) is 0 Å². The van der Waals surface area contributed by atoms with E-state index in [0.717, 1.165) is 20.6 Å². The van der Waals surface area contributed by atoms with E-state index in [-0.39, 0.29) is 18.4 Å². The van der Waals surface area contributed by atoms with Crippen molar-refractivity contribution in [1.82, 2.24) is 20.0 Å². The molecular weight excluding hydrogens is 478 g/mol. The van der Waals surface area contributed by atoms with Gasteiger partial charge in [0.2, 0.25) is 11.0 Å². The highest BCUT2D eigenvalue weighted by molar-refractivity contribution is 9.10. The van der Waals surface area contributed by atoms with Crippen LogP contribution in [0.3, 0.4) is 0 Å². The number of hydrogen-bond donors (Lipinski definition) is 1. The normalized spacial score (nSPS) is 14.5. The molecule has 0 saturated carbocycles. The maximum absolute atomic E-state index is 12.7. The number of carbonyl (C=O) groups is 2. The summed E-state index contributed by atoms with van der Waals surface area (Å²) in [6.45, 7) is 4.77. The van der Waals surface area contributed by atoms with Crippen LogP contribution in [-0.2, 0) is 4.79 Å². The van der Waals surface area contributed by atoms with Crippen molar-refractivity contribution in [2.24, 2.45) is 0 Å². The predicted octanol–water partition coefficient (Wildman–Crippen LogP) is 3.67. The Balaban J connectivity index is 1.27. The van der Waals surface area contributed by atoms with Crippen LogP contribution in [-0.4, -0.2) is 64.5 Å². The Morgan fingerprint density at radius 1 is 1.06 bits per heavy atom. The molecule has 3 aromatic rings. The molecule has 0 bridgehead atoms. The maximum atomic E-state index is 12.7. The lowest BCUT2D eigenvalue weighted by Crippen LogP contribution is -2.50. The van der Waals surface area contributed by atoms with Crippen molar-refractivity contribution in [3.05, 3.63) is 64.1 Å². The fourth-order valence-corrected chi connectivity index (χ4v) is 4.60. The Bertz CT molecular complexity index is 1090. The number of nitrogens with zero attached hydrogens (tertiary/aromatic N) is 4. The third-order valence-electron chi connectivity index (χ3n) is 5.03. The number of hydrogen-bond acceptors (Lipinski definition) is 6. The quantitative estimate of drug-likeness (QED) is 0.579. The summed E-state index contributed by atoms with van der Waals surface area (Å²) in [7, 11) is 0. The van der Waals surface area contributed by atoms with Crippen molar-refractivity contribution < 1.29 is 9.59 Å². The first-order chi connectivity index (χ1) is 15.0. The standard InChI is InChI=1S/C22H22BrN5O2S/c1-15-4-2-5-16(12-15)20-25-26-22(31-20)24-19(29)14-27-8-10-28(11-9-27)21(30)17-6-3-7-18(23)13-17/h2-7,12-13H,8-11,14H2,1H3,(H,24,26,29). The molecule has 1 N–H and O–H groups in total. The highest BCUT2D eigenvalue weighted by Gasteiger charge is 2.23. The fraction of sp³-hybridized carbons (Fsp3) is 0.273. The lowest BCUT2D eigenvalue weighted by atomic mass is 10.1. The SMILES string of the molecule is Cc1cccc(-c2nnc(NC(=O)CN3CCN(C(=O)c4cccc(Br)c4)CC3)s2)c1. The summed E-state index contributed by atoms with van der Waals surface area (Å²) in [5.74, 6) is -0.110. The molecule has 1 aliphatic rings. The third-order valence-corrected chi connectivity index (χ3v) is 6.42. The van der Waals surface area contributed by atoms with Crippen LogP contribution >= 0.6 is 27.3 Å². The molecule has 0 spiro atoms. The summed E-state index contributed by atoms with van der Waals surface area (Å²) in [5, 5.41) is 12.4. The largest absolute Gasteiger partial charge is 0.336 e. The van der Waals surface area contributed by atoms with E-state index in [0.29, 0.717) is 36.9 Å². The first-order valence-electron chi connectivity index (χ1n) is 9.95. The van der Waals surface area contributed by atoms with Gasteiger partial charge in [-0.25, -0.2) is 0 Å². The van der Waals surface area contributed by atoms with E-state index >= 15 is 0 Å². The average Bonchev–Trinajstić information content (AvgIpc) is 3.22. The second-order valence-corrected chi connectivity index (χ2v) is 9.30. The van der Waals surface area contributed by atoms with E-state index in [9.17, 15) is 9.59 Å². The van der Waals surface area contributed by atoms with Crippen molar-refractivity contribution in [3.8, 4) is 10.6 Å². The van der Waals surface area contributed by atoms with Crippen LogP contribution in [0, 0.1) is 6.92 Å². The summed E-state index contributed by atoms with van der Waals surface area (Å²) in [6, 6.07) is 15.4. The number of aryl methyl sites for hydroxylation is 1. The first kappa shape index (κ1) is 21.6. The summed E-state index contributed by atoms with van der Waals surface area (Å²) in [5.41, 5.74) is 2.81. The van der Waals surface area contributed by atoms with Crippen LogP contribution in [0.25, 0.3) is 10.6 Å². The molecule has 1 saturated heterocycles. The van der Waals surface area contributed by atoms with Gasteiger partial charge in [-0.3, -0.25) is 19.8 Å². The van der Waals surface area contributed by atoms with Crippen molar-refractivity contribution in [2.75, 3.05) is 38.0 Å². The monoisotopic (exact) mass is 499 g/mol. The second-order valence-electron chi connectivity index (χ2n) is 7.41. The highest BCUT2D eigenvalue weighted by atomic mass is 79.9. The molecule has 9 heteroatoms. The van der Waals surface area contributed by atoms with Crippen LogP contribution in [0.2, 0.25) is 0 Å². The van der Waals surface area contributed by atoms with Gasteiger partial charge in [0.25, 0.3) is 5.91 Å². The number of aromatic nitrogens is 2. The van der Waals surface area contributed by atoms with Crippen molar-refractivity contribution >= 4 is 44.2 Å². The highest BCUT2D eigenvalue weighted by Crippen LogP contribution is 2.26. The smallest absolute Gasteiger partial charge is 0.253 e. The van der Waals surface area contributed by atoms with Gasteiger partial charge in [0.1, 0.15) is 5.01 Å². The zero-order valence-electron chi connectivity index (χ0n) is 17.0. The topological polar surface area (TPSA) is 78.4 Å². The summed E-state index contributed by atoms with van der Waals surface area (Å²) >= 11 is 4.76. The zero-order valence-corrected chi connectivity index (χ0v) is 19.4. The van der Waals surface area contributed by atoms with Gasteiger partial charge in [-0.1, -0.05) is 57.1 Å². The Labute approximate surface area is 193 Å². The number of carbonyl (C=O) groups excluding carboxylic acids is 2. The molecule has 7 nitrogen and oxygen atoms in total. The molecule has 160 valence electrons. The number of amides is 2. The number of piperazine rings is 1. The lowest BCUT2D eigenvalue weighted by molar-refractivity contribution is -0.117. The summed E-state index contributed by atoms with van der Waals surface area (Å²) < 4.78 is 0.885. The van der Waals surface area contributed by atoms with Gasteiger partial charge in [0, 0.05) is 41.8 Å². The van der Waals surface area contributed by atoms with Crippen molar-refractivity contribution in [3.63, 3.8) is 0 Å². The van der Waals surface area contributed by atoms with Crippen LogP contribution in [0.4, 0.5) is 5.13 Å². The molecule has 1 aromatic heterocycles. The van der Waals surface area contributed by atoms with Gasteiger partial charge in [-0.05, 0) is 31.2 Å². The Morgan fingerprint density at radius 3 is 2.58 bits per heavy atom. The van der Waals surface area contributed by atoms with E-state index < -0.39 is 0 Å². The molecule has 31 heavy (non-hydrogen) atoms. The van der Waals surface area contributed by atoms with E-state index in [4.69, 9.17) is 0 Å². The molecule has 4 rings (SSSR count). The Morgan fingerprint density at radius 2 is 1.84 bits per heavy atom. The van der Waals surface area contributed by atoms with E-state index in [1.54, 1.807) is 0 Å². The summed E-state index contributed by atoms with van der Waals surface area (Å²) in [4.78, 5) is 29.0. The Kier molecular flexibility index (Phi) is 6.74. The minimum atomic E-state index is -0.126. The molecule has 2 amide bonds. The maximum Gasteiger partial charge on any atom is 0.253 e. The fourth-order valence-electron chi connectivity index (χ4n) is 3.44. The summed E-state index contributed by atoms with van der Waals surface area (Å²) in [6.07, 6.45) is 0. The predicted molar refractivity (Wildman–Crippen MR) is 125 cm³/mol. The van der Waals surface area contributed by atoms with Crippen molar-refractivity contribution in [2.45, 2.75) is 6.92 Å². The van der Waals surface area contributed by atoms with Crippen LogP contribution < -0.4 is 5.32 Å². The van der Waals surface area contributed by atoms with Crippen LogP contribution in [0.1, 0.15) is 15.9 Å². The molecule has 0 radical (unpaired) electrons. The van der Waals surface area contributed by atoms with Gasteiger partial charge in [-0.15, -0.1) is 10.2 Å². The Hall–Kier alpha value is -2.62. The van der Waals surface area contributed by atoms with Gasteiger partial charge in [-0.2, -0.15) is 0 Å². The number of halogens is 1. The van der Waals surface area contributed by atoms with Gasteiger partial charge in [0.15, 0.2) is 0 Å². The van der Waals surface area contributed by atoms with Gasteiger partial charge in [0.05, 0.1) is 6.54 Å². The molecule has 1 aliphatic heterocycles.